The third kappa shape index (κ3) is 3.76. The van der Waals surface area contributed by atoms with Crippen molar-refractivity contribution >= 4 is 31.6 Å². The minimum Gasteiger partial charge on any atom is -0.399 e. The summed E-state index contributed by atoms with van der Waals surface area (Å²) in [6.45, 7) is 0.203. The highest BCUT2D eigenvalue weighted by molar-refractivity contribution is 9.10. The lowest BCUT2D eigenvalue weighted by Gasteiger charge is -2.07. The van der Waals surface area contributed by atoms with Crippen LogP contribution in [0.4, 0.5) is 5.69 Å². The van der Waals surface area contributed by atoms with E-state index in [4.69, 9.17) is 5.73 Å². The molecule has 7 heteroatoms. The lowest BCUT2D eigenvalue weighted by molar-refractivity contribution is 0.581. The molecule has 0 bridgehead atoms. The highest BCUT2D eigenvalue weighted by Gasteiger charge is 2.14. The van der Waals surface area contributed by atoms with E-state index < -0.39 is 10.0 Å². The zero-order chi connectivity index (χ0) is 13.9. The fraction of sp³-hybridized carbons (Fsp3) is 0.0833. The second-order valence-corrected chi connectivity index (χ2v) is 6.59. The standard InChI is InChI=1S/C12H12BrN3O2S/c13-10-5-12(8-15-7-10)19(17,18)16-6-9-1-3-11(14)4-2-9/h1-5,7-8,16H,6,14H2. The van der Waals surface area contributed by atoms with Crippen LogP contribution in [0.5, 0.6) is 0 Å². The van der Waals surface area contributed by atoms with Crippen LogP contribution in [0.1, 0.15) is 5.56 Å². The first kappa shape index (κ1) is 14.0. The second-order valence-electron chi connectivity index (χ2n) is 3.90. The van der Waals surface area contributed by atoms with Crippen LogP contribution in [0.3, 0.4) is 0 Å². The van der Waals surface area contributed by atoms with Gasteiger partial charge in [0.15, 0.2) is 0 Å². The molecular formula is C12H12BrN3O2S. The van der Waals surface area contributed by atoms with Crippen LogP contribution in [0.25, 0.3) is 0 Å². The average molecular weight is 342 g/mol. The van der Waals surface area contributed by atoms with Crippen molar-refractivity contribution < 1.29 is 8.42 Å². The summed E-state index contributed by atoms with van der Waals surface area (Å²) in [6, 6.07) is 8.50. The van der Waals surface area contributed by atoms with Crippen molar-refractivity contribution in [2.45, 2.75) is 11.4 Å². The molecule has 3 N–H and O–H groups in total. The molecule has 2 rings (SSSR count). The lowest BCUT2D eigenvalue weighted by Crippen LogP contribution is -2.23. The molecule has 0 atom stereocenters. The second kappa shape index (κ2) is 5.68. The van der Waals surface area contributed by atoms with Crippen LogP contribution in [-0.2, 0) is 16.6 Å². The van der Waals surface area contributed by atoms with Crippen molar-refractivity contribution in [2.75, 3.05) is 5.73 Å². The molecule has 0 amide bonds. The number of nitrogens with one attached hydrogen (secondary N) is 1. The van der Waals surface area contributed by atoms with Crippen LogP contribution in [-0.4, -0.2) is 13.4 Å². The van der Waals surface area contributed by atoms with E-state index in [1.54, 1.807) is 24.3 Å². The Bertz CT molecular complexity index is 672. The minimum atomic E-state index is -3.56. The van der Waals surface area contributed by atoms with Gasteiger partial charge in [-0.1, -0.05) is 12.1 Å². The molecule has 1 aromatic carbocycles. The van der Waals surface area contributed by atoms with Crippen molar-refractivity contribution in [3.63, 3.8) is 0 Å². The third-order valence-corrected chi connectivity index (χ3v) is 4.24. The quantitative estimate of drug-likeness (QED) is 0.831. The smallest absolute Gasteiger partial charge is 0.242 e. The molecule has 5 nitrogen and oxygen atoms in total. The summed E-state index contributed by atoms with van der Waals surface area (Å²) >= 11 is 3.19. The van der Waals surface area contributed by atoms with Crippen molar-refractivity contribution in [1.29, 1.82) is 0 Å². The van der Waals surface area contributed by atoms with Crippen LogP contribution >= 0.6 is 15.9 Å². The van der Waals surface area contributed by atoms with E-state index in [-0.39, 0.29) is 11.4 Å². The molecule has 0 saturated heterocycles. The van der Waals surface area contributed by atoms with E-state index in [1.165, 1.54) is 18.5 Å². The van der Waals surface area contributed by atoms with E-state index in [0.717, 1.165) is 5.56 Å². The normalized spacial score (nSPS) is 11.4. The monoisotopic (exact) mass is 341 g/mol. The molecule has 0 aliphatic carbocycles. The topological polar surface area (TPSA) is 85.1 Å². The Morgan fingerprint density at radius 3 is 2.53 bits per heavy atom. The number of nitrogen functional groups attached to an aromatic ring is 1. The Morgan fingerprint density at radius 1 is 1.21 bits per heavy atom. The van der Waals surface area contributed by atoms with Gasteiger partial charge in [0.1, 0.15) is 4.90 Å². The predicted molar refractivity (Wildman–Crippen MR) is 76.8 cm³/mol. The number of pyridine rings is 1. The fourth-order valence-corrected chi connectivity index (χ4v) is 2.96. The zero-order valence-corrected chi connectivity index (χ0v) is 12.3. The number of rotatable bonds is 4. The number of nitrogens with zero attached hydrogens (tertiary/aromatic N) is 1. The molecule has 1 heterocycles. The van der Waals surface area contributed by atoms with E-state index in [0.29, 0.717) is 10.2 Å². The van der Waals surface area contributed by atoms with Gasteiger partial charge >= 0.3 is 0 Å². The highest BCUT2D eigenvalue weighted by atomic mass is 79.9. The van der Waals surface area contributed by atoms with E-state index in [1.807, 2.05) is 0 Å². The molecule has 19 heavy (non-hydrogen) atoms. The third-order valence-electron chi connectivity index (χ3n) is 2.44. The van der Waals surface area contributed by atoms with Gasteiger partial charge in [0.05, 0.1) is 0 Å². The maximum Gasteiger partial charge on any atom is 0.242 e. The van der Waals surface area contributed by atoms with Gasteiger partial charge in [-0.3, -0.25) is 4.98 Å². The van der Waals surface area contributed by atoms with E-state index in [2.05, 4.69) is 25.6 Å². The number of sulfonamides is 1. The van der Waals surface area contributed by atoms with Crippen molar-refractivity contribution in [3.05, 3.63) is 52.8 Å². The summed E-state index contributed by atoms with van der Waals surface area (Å²) in [5, 5.41) is 0. The Hall–Kier alpha value is -1.44. The maximum atomic E-state index is 12.0. The van der Waals surface area contributed by atoms with Crippen molar-refractivity contribution in [2.24, 2.45) is 0 Å². The fourth-order valence-electron chi connectivity index (χ4n) is 1.44. The maximum absolute atomic E-state index is 12.0. The van der Waals surface area contributed by atoms with Crippen LogP contribution in [0.15, 0.2) is 52.1 Å². The molecule has 0 aliphatic rings. The Balaban J connectivity index is 2.12. The molecule has 100 valence electrons. The SMILES string of the molecule is Nc1ccc(CNS(=O)(=O)c2cncc(Br)c2)cc1. The Morgan fingerprint density at radius 2 is 1.89 bits per heavy atom. The molecule has 0 radical (unpaired) electrons. The van der Waals surface area contributed by atoms with Gasteiger partial charge in [-0.15, -0.1) is 0 Å². The first-order chi connectivity index (χ1) is 8.97. The van der Waals surface area contributed by atoms with Gasteiger partial charge in [0.25, 0.3) is 0 Å². The summed E-state index contributed by atoms with van der Waals surface area (Å²) in [6.07, 6.45) is 2.83. The summed E-state index contributed by atoms with van der Waals surface area (Å²) in [5.41, 5.74) is 7.04. The van der Waals surface area contributed by atoms with Gasteiger partial charge in [-0.25, -0.2) is 13.1 Å². The number of halogens is 1. The number of nitrogens with two attached hydrogens (primary N) is 1. The molecule has 0 unspecified atom stereocenters. The summed E-state index contributed by atoms with van der Waals surface area (Å²) in [4.78, 5) is 3.96. The number of anilines is 1. The molecule has 0 fully saturated rings. The first-order valence-electron chi connectivity index (χ1n) is 5.42. The first-order valence-corrected chi connectivity index (χ1v) is 7.69. The molecule has 0 spiro atoms. The van der Waals surface area contributed by atoms with Gasteiger partial charge < -0.3 is 5.73 Å². The molecule has 0 aliphatic heterocycles. The van der Waals surface area contributed by atoms with E-state index >= 15 is 0 Å². The van der Waals surface area contributed by atoms with Crippen LogP contribution < -0.4 is 10.5 Å². The number of hydrogen-bond acceptors (Lipinski definition) is 4. The Labute approximate surface area is 120 Å². The summed E-state index contributed by atoms with van der Waals surface area (Å²) in [7, 11) is -3.56. The summed E-state index contributed by atoms with van der Waals surface area (Å²) < 4.78 is 27.2. The van der Waals surface area contributed by atoms with Crippen LogP contribution in [0.2, 0.25) is 0 Å². The van der Waals surface area contributed by atoms with Crippen molar-refractivity contribution in [3.8, 4) is 0 Å². The molecule has 0 saturated carbocycles. The zero-order valence-electron chi connectivity index (χ0n) is 9.88. The van der Waals surface area contributed by atoms with Gasteiger partial charge in [0.2, 0.25) is 10.0 Å². The van der Waals surface area contributed by atoms with E-state index in [9.17, 15) is 8.42 Å². The average Bonchev–Trinajstić information content (AvgIpc) is 2.38. The van der Waals surface area contributed by atoms with Gasteiger partial charge in [0, 0.05) is 29.1 Å². The summed E-state index contributed by atoms with van der Waals surface area (Å²) in [5.74, 6) is 0. The lowest BCUT2D eigenvalue weighted by atomic mass is 10.2. The molecular weight excluding hydrogens is 330 g/mol. The van der Waals surface area contributed by atoms with Crippen molar-refractivity contribution in [1.82, 2.24) is 9.71 Å². The largest absolute Gasteiger partial charge is 0.399 e. The number of benzene rings is 1. The number of aromatic nitrogens is 1. The predicted octanol–water partition coefficient (Wildman–Crippen LogP) is 1.90. The minimum absolute atomic E-state index is 0.123. The van der Waals surface area contributed by atoms with Gasteiger partial charge in [-0.05, 0) is 39.7 Å². The van der Waals surface area contributed by atoms with Crippen LogP contribution in [0, 0.1) is 0 Å². The van der Waals surface area contributed by atoms with Gasteiger partial charge in [-0.2, -0.15) is 0 Å². The Kier molecular flexibility index (Phi) is 4.18. The molecule has 2 aromatic rings. The molecule has 1 aromatic heterocycles. The number of hydrogen-bond donors (Lipinski definition) is 2. The highest BCUT2D eigenvalue weighted by Crippen LogP contribution is 2.14.